The second-order valence-corrected chi connectivity index (χ2v) is 9.78. The van der Waals surface area contributed by atoms with Crippen molar-refractivity contribution in [2.24, 2.45) is 4.99 Å². The Labute approximate surface area is 216 Å². The van der Waals surface area contributed by atoms with Crippen molar-refractivity contribution in [3.8, 4) is 22.6 Å². The van der Waals surface area contributed by atoms with Crippen molar-refractivity contribution in [2.75, 3.05) is 25.1 Å². The highest BCUT2D eigenvalue weighted by Gasteiger charge is 2.20. The highest BCUT2D eigenvalue weighted by atomic mass is 35.5. The number of carbonyl (C=O) groups is 1. The molecular formula is C26H22ClN5O3S. The summed E-state index contributed by atoms with van der Waals surface area (Å²) in [5.74, 6) is 2.20. The lowest BCUT2D eigenvalue weighted by Crippen LogP contribution is -2.27. The molecule has 4 heterocycles. The number of aromatic nitrogens is 2. The van der Waals surface area contributed by atoms with Gasteiger partial charge in [-0.3, -0.25) is 14.8 Å². The number of carbonyl (C=O) groups excluding carboxylic acids is 1. The molecule has 0 saturated carbocycles. The van der Waals surface area contributed by atoms with Crippen molar-refractivity contribution in [2.45, 2.75) is 18.9 Å². The molecule has 182 valence electrons. The molecule has 1 saturated heterocycles. The summed E-state index contributed by atoms with van der Waals surface area (Å²) in [6, 6.07) is 13.8. The van der Waals surface area contributed by atoms with Gasteiger partial charge in [0.15, 0.2) is 17.3 Å². The van der Waals surface area contributed by atoms with Crippen LogP contribution in [-0.2, 0) is 4.79 Å². The van der Waals surface area contributed by atoms with Gasteiger partial charge in [-0.25, -0.2) is 0 Å². The first kappa shape index (κ1) is 22.8. The Morgan fingerprint density at radius 2 is 2.08 bits per heavy atom. The maximum atomic E-state index is 11.3. The quantitative estimate of drug-likeness (QED) is 0.339. The molecule has 4 aromatic rings. The lowest BCUT2D eigenvalue weighted by atomic mass is 10.0. The molecule has 0 radical (unpaired) electrons. The van der Waals surface area contributed by atoms with Crippen LogP contribution in [0.1, 0.15) is 18.4 Å². The number of rotatable bonds is 6. The van der Waals surface area contributed by atoms with Crippen LogP contribution in [0.5, 0.6) is 11.5 Å². The molecule has 1 amide bonds. The molecule has 1 unspecified atom stereocenters. The number of halogens is 1. The number of hydrogen-bond acceptors (Lipinski definition) is 8. The molecular weight excluding hydrogens is 498 g/mol. The first-order valence-corrected chi connectivity index (χ1v) is 12.8. The fourth-order valence-electron chi connectivity index (χ4n) is 4.29. The Hall–Kier alpha value is -3.69. The molecule has 36 heavy (non-hydrogen) atoms. The molecule has 6 rings (SSSR count). The predicted molar refractivity (Wildman–Crippen MR) is 142 cm³/mol. The summed E-state index contributed by atoms with van der Waals surface area (Å²) >= 11 is 8.18. The van der Waals surface area contributed by atoms with Gasteiger partial charge in [0.05, 0.1) is 22.0 Å². The molecule has 2 N–H and O–H groups in total. The van der Waals surface area contributed by atoms with Gasteiger partial charge in [0, 0.05) is 36.0 Å². The van der Waals surface area contributed by atoms with E-state index in [1.807, 2.05) is 42.5 Å². The first-order chi connectivity index (χ1) is 17.6. The number of nitrogens with zero attached hydrogens (tertiary/aromatic N) is 3. The van der Waals surface area contributed by atoms with Crippen LogP contribution in [0, 0.1) is 0 Å². The molecule has 10 heteroatoms. The number of hydrogen-bond donors (Lipinski definition) is 2. The summed E-state index contributed by atoms with van der Waals surface area (Å²) in [4.78, 5) is 20.4. The minimum absolute atomic E-state index is 0.0971. The van der Waals surface area contributed by atoms with Gasteiger partial charge in [0.1, 0.15) is 18.7 Å². The fraction of sp³-hybridized carbons (Fsp3) is 0.231. The average molecular weight is 520 g/mol. The van der Waals surface area contributed by atoms with Crippen molar-refractivity contribution < 1.29 is 14.3 Å². The van der Waals surface area contributed by atoms with E-state index in [1.54, 1.807) is 12.4 Å². The summed E-state index contributed by atoms with van der Waals surface area (Å²) in [7, 11) is 0. The average Bonchev–Trinajstić information content (AvgIpc) is 3.50. The van der Waals surface area contributed by atoms with E-state index in [4.69, 9.17) is 21.1 Å². The Morgan fingerprint density at radius 1 is 1.19 bits per heavy atom. The summed E-state index contributed by atoms with van der Waals surface area (Å²) in [6.45, 7) is 1.65. The number of benzene rings is 2. The second-order valence-electron chi connectivity index (χ2n) is 8.59. The lowest BCUT2D eigenvalue weighted by molar-refractivity contribution is -0.119. The van der Waals surface area contributed by atoms with E-state index < -0.39 is 0 Å². The van der Waals surface area contributed by atoms with Crippen molar-refractivity contribution >= 4 is 57.0 Å². The largest absolute Gasteiger partial charge is 0.486 e. The third-order valence-corrected chi connectivity index (χ3v) is 7.28. The zero-order chi connectivity index (χ0) is 24.5. The molecule has 2 aromatic carbocycles. The van der Waals surface area contributed by atoms with Crippen molar-refractivity contribution in [3.63, 3.8) is 0 Å². The predicted octanol–water partition coefficient (Wildman–Crippen LogP) is 5.22. The van der Waals surface area contributed by atoms with E-state index in [1.165, 1.54) is 11.5 Å². The summed E-state index contributed by atoms with van der Waals surface area (Å²) in [6.07, 6.45) is 4.97. The fourth-order valence-corrected chi connectivity index (χ4v) is 5.32. The molecule has 2 aromatic heterocycles. The van der Waals surface area contributed by atoms with Crippen molar-refractivity contribution in [3.05, 3.63) is 59.2 Å². The van der Waals surface area contributed by atoms with Gasteiger partial charge in [-0.1, -0.05) is 29.8 Å². The van der Waals surface area contributed by atoms with E-state index in [0.29, 0.717) is 37.0 Å². The molecule has 2 aliphatic rings. The molecule has 2 aliphatic heterocycles. The number of amides is 1. The number of pyridine rings is 1. The summed E-state index contributed by atoms with van der Waals surface area (Å²) in [5, 5.41) is 6.85. The standard InChI is InChI=1S/C26H22ClN5O3S/c27-24-18(16-4-6-20-21(11-16)35-9-8-34-20)2-1-3-19(24)31-26-25-22(36-32-26)10-15(13-29-25)12-28-14-17-5-7-23(33)30-17/h1-4,6,10-13,17H,5,7-9,14H2,(H,30,33)(H,31,32). The second kappa shape index (κ2) is 9.75. The van der Waals surface area contributed by atoms with Crippen molar-refractivity contribution in [1.82, 2.24) is 14.7 Å². The minimum atomic E-state index is 0.0971. The van der Waals surface area contributed by atoms with Crippen LogP contribution in [0.4, 0.5) is 11.5 Å². The van der Waals surface area contributed by atoms with Gasteiger partial charge >= 0.3 is 0 Å². The molecule has 0 spiro atoms. The van der Waals surface area contributed by atoms with Crippen molar-refractivity contribution in [1.29, 1.82) is 0 Å². The normalized spacial score (nSPS) is 17.0. The van der Waals surface area contributed by atoms with Crippen LogP contribution in [0.3, 0.4) is 0 Å². The zero-order valence-electron chi connectivity index (χ0n) is 19.2. The van der Waals surface area contributed by atoms with Crippen LogP contribution >= 0.6 is 23.1 Å². The van der Waals surface area contributed by atoms with Gasteiger partial charge in [0.25, 0.3) is 0 Å². The SMILES string of the molecule is O=C1CCC(CN=Cc2cnc3c(Nc4cccc(-c5ccc6c(c5)OCCO6)c4Cl)nsc3c2)N1. The Balaban J connectivity index is 1.21. The molecule has 8 nitrogen and oxygen atoms in total. The molecule has 1 atom stereocenters. The van der Waals surface area contributed by atoms with Crippen LogP contribution in [0.25, 0.3) is 21.3 Å². The van der Waals surface area contributed by atoms with Gasteiger partial charge in [-0.2, -0.15) is 4.37 Å². The van der Waals surface area contributed by atoms with Gasteiger partial charge in [-0.05, 0) is 47.8 Å². The maximum absolute atomic E-state index is 11.3. The Kier molecular flexibility index (Phi) is 6.16. The van der Waals surface area contributed by atoms with Gasteiger partial charge in [0.2, 0.25) is 5.91 Å². The third kappa shape index (κ3) is 4.59. The van der Waals surface area contributed by atoms with E-state index in [2.05, 4.69) is 25.0 Å². The monoisotopic (exact) mass is 519 g/mol. The third-order valence-electron chi connectivity index (χ3n) is 6.09. The topological polar surface area (TPSA) is 97.7 Å². The number of aliphatic imine (C=N–C) groups is 1. The van der Waals surface area contributed by atoms with E-state index >= 15 is 0 Å². The van der Waals surface area contributed by atoms with E-state index in [-0.39, 0.29) is 11.9 Å². The number of anilines is 2. The zero-order valence-corrected chi connectivity index (χ0v) is 20.7. The van der Waals surface area contributed by atoms with Gasteiger partial charge in [-0.15, -0.1) is 0 Å². The molecule has 0 bridgehead atoms. The Morgan fingerprint density at radius 3 is 2.94 bits per heavy atom. The van der Waals surface area contributed by atoms with Crippen LogP contribution in [-0.4, -0.2) is 47.3 Å². The lowest BCUT2D eigenvalue weighted by Gasteiger charge is -2.19. The molecule has 0 aliphatic carbocycles. The van der Waals surface area contributed by atoms with Crippen LogP contribution in [0.15, 0.2) is 53.7 Å². The summed E-state index contributed by atoms with van der Waals surface area (Å²) in [5.41, 5.74) is 4.21. The number of ether oxygens (including phenoxy) is 2. The van der Waals surface area contributed by atoms with Crippen LogP contribution in [0.2, 0.25) is 5.02 Å². The number of fused-ring (bicyclic) bond motifs is 2. The number of nitrogens with one attached hydrogen (secondary N) is 2. The van der Waals surface area contributed by atoms with Crippen LogP contribution < -0.4 is 20.1 Å². The summed E-state index contributed by atoms with van der Waals surface area (Å²) < 4.78 is 16.9. The minimum Gasteiger partial charge on any atom is -0.486 e. The van der Waals surface area contributed by atoms with E-state index in [9.17, 15) is 4.79 Å². The highest BCUT2D eigenvalue weighted by molar-refractivity contribution is 7.13. The first-order valence-electron chi connectivity index (χ1n) is 11.6. The van der Waals surface area contributed by atoms with Gasteiger partial charge < -0.3 is 20.1 Å². The maximum Gasteiger partial charge on any atom is 0.220 e. The van der Waals surface area contributed by atoms with E-state index in [0.717, 1.165) is 50.5 Å². The Bertz CT molecular complexity index is 1490. The smallest absolute Gasteiger partial charge is 0.220 e. The molecule has 1 fully saturated rings. The highest BCUT2D eigenvalue weighted by Crippen LogP contribution is 2.40.